The van der Waals surface area contributed by atoms with E-state index in [9.17, 15) is 4.79 Å². The summed E-state index contributed by atoms with van der Waals surface area (Å²) < 4.78 is 5.21. The summed E-state index contributed by atoms with van der Waals surface area (Å²) >= 11 is 3.72. The highest BCUT2D eigenvalue weighted by Crippen LogP contribution is 2.36. The van der Waals surface area contributed by atoms with Gasteiger partial charge in [-0.1, -0.05) is 13.8 Å². The van der Waals surface area contributed by atoms with Gasteiger partial charge in [-0.3, -0.25) is 4.79 Å². The molecule has 3 unspecified atom stereocenters. The summed E-state index contributed by atoms with van der Waals surface area (Å²) in [5, 5.41) is 1.35. The second kappa shape index (κ2) is 5.32. The molecule has 1 aromatic rings. The Kier molecular flexibility index (Phi) is 4.03. The lowest BCUT2D eigenvalue weighted by Gasteiger charge is -2.30. The first-order valence-electron chi connectivity index (χ1n) is 5.49. The van der Waals surface area contributed by atoms with E-state index in [-0.39, 0.29) is 5.25 Å². The maximum atomic E-state index is 12.0. The third kappa shape index (κ3) is 2.86. The van der Waals surface area contributed by atoms with E-state index in [0.717, 1.165) is 11.5 Å². The van der Waals surface area contributed by atoms with Crippen molar-refractivity contribution in [1.29, 1.82) is 0 Å². The van der Waals surface area contributed by atoms with Crippen LogP contribution >= 0.6 is 23.5 Å². The third-order valence-electron chi connectivity index (χ3n) is 2.84. The summed E-state index contributed by atoms with van der Waals surface area (Å²) in [7, 11) is 0. The highest BCUT2D eigenvalue weighted by atomic mass is 32.2. The van der Waals surface area contributed by atoms with E-state index in [1.54, 1.807) is 6.26 Å². The fraction of sp³-hybridized carbons (Fsp3) is 0.583. The van der Waals surface area contributed by atoms with Crippen molar-refractivity contribution in [3.8, 4) is 0 Å². The molecule has 0 saturated carbocycles. The highest BCUT2D eigenvalue weighted by Gasteiger charge is 2.30. The van der Waals surface area contributed by atoms with Gasteiger partial charge in [0, 0.05) is 16.3 Å². The fourth-order valence-electron chi connectivity index (χ4n) is 1.65. The van der Waals surface area contributed by atoms with E-state index in [0.29, 0.717) is 22.7 Å². The minimum absolute atomic E-state index is 0.140. The van der Waals surface area contributed by atoms with Crippen LogP contribution in [0.15, 0.2) is 22.8 Å². The minimum atomic E-state index is 0.140. The molecule has 3 atom stereocenters. The number of ketones is 1. The monoisotopic (exact) mass is 256 g/mol. The average molecular weight is 256 g/mol. The molecule has 88 valence electrons. The topological polar surface area (TPSA) is 30.2 Å². The molecule has 0 bridgehead atoms. The molecule has 1 aromatic heterocycles. The maximum Gasteiger partial charge on any atom is 0.154 e. The van der Waals surface area contributed by atoms with E-state index >= 15 is 0 Å². The Morgan fingerprint density at radius 2 is 2.31 bits per heavy atom. The molecular weight excluding hydrogens is 240 g/mol. The molecule has 4 heteroatoms. The molecule has 1 fully saturated rings. The molecule has 0 spiro atoms. The number of carbonyl (C=O) groups is 1. The van der Waals surface area contributed by atoms with Crippen LogP contribution in [-0.2, 0) is 11.2 Å². The van der Waals surface area contributed by atoms with E-state index in [4.69, 9.17) is 4.42 Å². The number of carbonyl (C=O) groups excluding carboxylic acids is 1. The van der Waals surface area contributed by atoms with Crippen molar-refractivity contribution in [1.82, 2.24) is 0 Å². The zero-order valence-corrected chi connectivity index (χ0v) is 11.1. The largest absolute Gasteiger partial charge is 0.469 e. The van der Waals surface area contributed by atoms with E-state index in [2.05, 4.69) is 13.8 Å². The molecular formula is C12H16O2S2. The van der Waals surface area contributed by atoms with Crippen LogP contribution in [0, 0.1) is 0 Å². The fourth-order valence-corrected chi connectivity index (χ4v) is 4.54. The molecule has 2 rings (SSSR count). The molecule has 2 nitrogen and oxygen atoms in total. The number of hydrogen-bond acceptors (Lipinski definition) is 4. The summed E-state index contributed by atoms with van der Waals surface area (Å²) in [6.45, 7) is 4.43. The van der Waals surface area contributed by atoms with Crippen molar-refractivity contribution >= 4 is 29.3 Å². The summed E-state index contributed by atoms with van der Waals surface area (Å²) in [6, 6.07) is 3.70. The lowest BCUT2D eigenvalue weighted by Crippen LogP contribution is -2.32. The van der Waals surface area contributed by atoms with Gasteiger partial charge in [0.05, 0.1) is 17.9 Å². The Bertz CT molecular complexity index is 348. The molecule has 0 aromatic carbocycles. The van der Waals surface area contributed by atoms with Crippen molar-refractivity contribution < 1.29 is 9.21 Å². The van der Waals surface area contributed by atoms with Gasteiger partial charge >= 0.3 is 0 Å². The van der Waals surface area contributed by atoms with Crippen molar-refractivity contribution in [3.63, 3.8) is 0 Å². The number of Topliss-reactive ketones (excluding diaryl/α,β-unsaturated/α-hetero) is 1. The molecule has 1 aliphatic rings. The average Bonchev–Trinajstić information content (AvgIpc) is 2.74. The van der Waals surface area contributed by atoms with E-state index in [1.807, 2.05) is 35.7 Å². The summed E-state index contributed by atoms with van der Waals surface area (Å²) in [6.07, 6.45) is 2.06. The van der Waals surface area contributed by atoms with Crippen LogP contribution in [-0.4, -0.2) is 27.3 Å². The number of hydrogen-bond donors (Lipinski definition) is 0. The van der Waals surface area contributed by atoms with Crippen molar-refractivity contribution in [2.45, 2.75) is 36.0 Å². The smallest absolute Gasteiger partial charge is 0.154 e. The predicted molar refractivity (Wildman–Crippen MR) is 70.2 cm³/mol. The van der Waals surface area contributed by atoms with Crippen LogP contribution in [0.3, 0.4) is 0 Å². The van der Waals surface area contributed by atoms with Crippen LogP contribution in [0.2, 0.25) is 0 Å². The number of thioether (sulfide) groups is 2. The van der Waals surface area contributed by atoms with Gasteiger partial charge in [-0.2, -0.15) is 11.8 Å². The highest BCUT2D eigenvalue weighted by molar-refractivity contribution is 8.08. The summed E-state index contributed by atoms with van der Waals surface area (Å²) in [5.41, 5.74) is 0. The maximum absolute atomic E-state index is 12.0. The molecule has 1 aliphatic heterocycles. The van der Waals surface area contributed by atoms with Crippen LogP contribution in [0.5, 0.6) is 0 Å². The van der Waals surface area contributed by atoms with Gasteiger partial charge in [0.2, 0.25) is 0 Å². The van der Waals surface area contributed by atoms with Crippen LogP contribution in [0.4, 0.5) is 0 Å². The Hall–Kier alpha value is -0.350. The zero-order valence-electron chi connectivity index (χ0n) is 9.51. The predicted octanol–water partition coefficient (Wildman–Crippen LogP) is 3.02. The van der Waals surface area contributed by atoms with Crippen molar-refractivity contribution in [2.24, 2.45) is 0 Å². The summed E-state index contributed by atoms with van der Waals surface area (Å²) in [5.74, 6) is 2.02. The standard InChI is InChI=1S/C12H16O2S2/c1-8-9(2)16-12(7-15-8)11(13)6-10-4-3-5-14-10/h3-5,8-9,12H,6-7H2,1-2H3. The molecule has 2 heterocycles. The molecule has 0 radical (unpaired) electrons. The normalized spacial score (nSPS) is 30.2. The van der Waals surface area contributed by atoms with Gasteiger partial charge in [0.15, 0.2) is 5.78 Å². The van der Waals surface area contributed by atoms with Crippen LogP contribution in [0.25, 0.3) is 0 Å². The van der Waals surface area contributed by atoms with Crippen molar-refractivity contribution in [3.05, 3.63) is 24.2 Å². The lowest BCUT2D eigenvalue weighted by atomic mass is 10.2. The van der Waals surface area contributed by atoms with Gasteiger partial charge < -0.3 is 4.42 Å². The molecule has 0 aliphatic carbocycles. The number of furan rings is 1. The molecule has 0 amide bonds. The third-order valence-corrected chi connectivity index (χ3v) is 6.28. The van der Waals surface area contributed by atoms with Gasteiger partial charge in [-0.05, 0) is 12.1 Å². The second-order valence-electron chi connectivity index (χ2n) is 4.09. The van der Waals surface area contributed by atoms with Crippen LogP contribution < -0.4 is 0 Å². The zero-order chi connectivity index (χ0) is 11.5. The lowest BCUT2D eigenvalue weighted by molar-refractivity contribution is -0.117. The van der Waals surface area contributed by atoms with Crippen LogP contribution in [0.1, 0.15) is 19.6 Å². The molecule has 1 saturated heterocycles. The van der Waals surface area contributed by atoms with Gasteiger partial charge in [0.25, 0.3) is 0 Å². The Morgan fingerprint density at radius 1 is 1.50 bits per heavy atom. The minimum Gasteiger partial charge on any atom is -0.469 e. The Labute approximate surface area is 105 Å². The van der Waals surface area contributed by atoms with Gasteiger partial charge in [0.1, 0.15) is 5.76 Å². The SMILES string of the molecule is CC1SCC(C(=O)Cc2ccco2)SC1C. The van der Waals surface area contributed by atoms with E-state index in [1.165, 1.54) is 0 Å². The first-order chi connectivity index (χ1) is 7.66. The molecule has 16 heavy (non-hydrogen) atoms. The summed E-state index contributed by atoms with van der Waals surface area (Å²) in [4.78, 5) is 12.0. The van der Waals surface area contributed by atoms with Crippen molar-refractivity contribution in [2.75, 3.05) is 5.75 Å². The Balaban J connectivity index is 1.90. The van der Waals surface area contributed by atoms with Gasteiger partial charge in [-0.15, -0.1) is 11.8 Å². The first kappa shape index (κ1) is 12.1. The van der Waals surface area contributed by atoms with E-state index < -0.39 is 0 Å². The number of rotatable bonds is 3. The first-order valence-corrected chi connectivity index (χ1v) is 7.48. The Morgan fingerprint density at radius 3 is 2.94 bits per heavy atom. The second-order valence-corrected chi connectivity index (χ2v) is 7.09. The quantitative estimate of drug-likeness (QED) is 0.831. The van der Waals surface area contributed by atoms with Gasteiger partial charge in [-0.25, -0.2) is 0 Å². The molecule has 0 N–H and O–H groups in total.